The number of anilines is 1. The first-order valence-corrected chi connectivity index (χ1v) is 7.35. The summed E-state index contributed by atoms with van der Waals surface area (Å²) in [5.41, 5.74) is 0.965. The fourth-order valence-electron chi connectivity index (χ4n) is 3.07. The molecule has 1 aromatic carbocycles. The van der Waals surface area contributed by atoms with Gasteiger partial charge in [0, 0.05) is 18.9 Å². The van der Waals surface area contributed by atoms with Gasteiger partial charge in [-0.25, -0.2) is 0 Å². The molecule has 1 aromatic rings. The van der Waals surface area contributed by atoms with Crippen molar-refractivity contribution >= 4 is 11.6 Å². The van der Waals surface area contributed by atoms with Crippen LogP contribution in [-0.4, -0.2) is 37.9 Å². The molecule has 0 N–H and O–H groups in total. The van der Waals surface area contributed by atoms with Crippen molar-refractivity contribution in [2.24, 2.45) is 5.92 Å². The van der Waals surface area contributed by atoms with Crippen LogP contribution >= 0.6 is 0 Å². The van der Waals surface area contributed by atoms with E-state index in [4.69, 9.17) is 9.47 Å². The van der Waals surface area contributed by atoms with Crippen molar-refractivity contribution in [3.05, 3.63) is 30.3 Å². The number of hydrogen-bond donors (Lipinski definition) is 0. The standard InChI is InChI=1S/C16H21NO3/c1-12-15(8-10-20-12)16(18)17(14-7-9-19-11-14)13-5-3-2-4-6-13/h2-6,12,14-15H,7-11H2,1H3. The molecule has 0 bridgehead atoms. The molecule has 3 unspecified atom stereocenters. The minimum atomic E-state index is -0.0317. The Balaban J connectivity index is 1.87. The van der Waals surface area contributed by atoms with Crippen molar-refractivity contribution in [2.45, 2.75) is 31.9 Å². The fourth-order valence-corrected chi connectivity index (χ4v) is 3.07. The molecule has 2 fully saturated rings. The molecule has 20 heavy (non-hydrogen) atoms. The molecule has 2 heterocycles. The van der Waals surface area contributed by atoms with Crippen LogP contribution in [0, 0.1) is 5.92 Å². The highest BCUT2D eigenvalue weighted by Gasteiger charge is 2.38. The van der Waals surface area contributed by atoms with E-state index in [1.54, 1.807) is 0 Å². The molecule has 0 spiro atoms. The molecule has 108 valence electrons. The highest BCUT2D eigenvalue weighted by atomic mass is 16.5. The maximum atomic E-state index is 12.9. The zero-order chi connectivity index (χ0) is 13.9. The predicted molar refractivity (Wildman–Crippen MR) is 76.7 cm³/mol. The lowest BCUT2D eigenvalue weighted by atomic mass is 9.99. The number of amides is 1. The summed E-state index contributed by atoms with van der Waals surface area (Å²) in [6.07, 6.45) is 1.73. The second-order valence-electron chi connectivity index (χ2n) is 5.53. The molecule has 3 rings (SSSR count). The summed E-state index contributed by atoms with van der Waals surface area (Å²) in [6, 6.07) is 10.1. The molecule has 4 nitrogen and oxygen atoms in total. The highest BCUT2D eigenvalue weighted by Crippen LogP contribution is 2.29. The highest BCUT2D eigenvalue weighted by molar-refractivity contribution is 5.96. The molecule has 0 aromatic heterocycles. The van der Waals surface area contributed by atoms with Crippen molar-refractivity contribution in [3.63, 3.8) is 0 Å². The van der Waals surface area contributed by atoms with Gasteiger partial charge in [0.05, 0.1) is 24.7 Å². The van der Waals surface area contributed by atoms with Crippen LogP contribution in [-0.2, 0) is 14.3 Å². The number of ether oxygens (including phenoxy) is 2. The summed E-state index contributed by atoms with van der Waals surface area (Å²) in [5, 5.41) is 0. The molecule has 2 aliphatic rings. The van der Waals surface area contributed by atoms with E-state index >= 15 is 0 Å². The molecule has 0 aliphatic carbocycles. The van der Waals surface area contributed by atoms with Crippen LogP contribution in [0.25, 0.3) is 0 Å². The molecular formula is C16H21NO3. The second kappa shape index (κ2) is 5.94. The summed E-state index contributed by atoms with van der Waals surface area (Å²) >= 11 is 0. The van der Waals surface area contributed by atoms with Crippen LogP contribution in [0.15, 0.2) is 30.3 Å². The van der Waals surface area contributed by atoms with E-state index in [0.29, 0.717) is 13.2 Å². The molecule has 3 atom stereocenters. The van der Waals surface area contributed by atoms with Crippen LogP contribution in [0.4, 0.5) is 5.69 Å². The molecule has 0 saturated carbocycles. The van der Waals surface area contributed by atoms with Crippen molar-refractivity contribution in [2.75, 3.05) is 24.7 Å². The third kappa shape index (κ3) is 2.58. The first-order valence-electron chi connectivity index (χ1n) is 7.35. The number of benzene rings is 1. The number of rotatable bonds is 3. The van der Waals surface area contributed by atoms with E-state index in [1.165, 1.54) is 0 Å². The Labute approximate surface area is 119 Å². The van der Waals surface area contributed by atoms with E-state index < -0.39 is 0 Å². The summed E-state index contributed by atoms with van der Waals surface area (Å²) in [5.74, 6) is 0.146. The van der Waals surface area contributed by atoms with E-state index in [2.05, 4.69) is 0 Å². The third-order valence-electron chi connectivity index (χ3n) is 4.24. The van der Waals surface area contributed by atoms with E-state index in [1.807, 2.05) is 42.2 Å². The van der Waals surface area contributed by atoms with Crippen molar-refractivity contribution in [3.8, 4) is 0 Å². The van der Waals surface area contributed by atoms with E-state index in [9.17, 15) is 4.79 Å². The molecule has 1 amide bonds. The van der Waals surface area contributed by atoms with Gasteiger partial charge >= 0.3 is 0 Å². The Morgan fingerprint density at radius 3 is 2.60 bits per heavy atom. The Hall–Kier alpha value is -1.39. The maximum absolute atomic E-state index is 12.9. The average molecular weight is 275 g/mol. The zero-order valence-electron chi connectivity index (χ0n) is 11.8. The van der Waals surface area contributed by atoms with E-state index in [0.717, 1.165) is 25.1 Å². The van der Waals surface area contributed by atoms with E-state index in [-0.39, 0.29) is 24.0 Å². The summed E-state index contributed by atoms with van der Waals surface area (Å²) in [7, 11) is 0. The van der Waals surface area contributed by atoms with Crippen LogP contribution < -0.4 is 4.90 Å². The zero-order valence-corrected chi connectivity index (χ0v) is 11.8. The van der Waals surface area contributed by atoms with Crippen LogP contribution in [0.2, 0.25) is 0 Å². The summed E-state index contributed by atoms with van der Waals surface area (Å²) < 4.78 is 11.0. The largest absolute Gasteiger partial charge is 0.379 e. The molecule has 0 radical (unpaired) electrons. The average Bonchev–Trinajstić information content (AvgIpc) is 3.12. The fraction of sp³-hybridized carbons (Fsp3) is 0.562. The van der Waals surface area contributed by atoms with Crippen LogP contribution in [0.3, 0.4) is 0 Å². The second-order valence-corrected chi connectivity index (χ2v) is 5.53. The summed E-state index contributed by atoms with van der Waals surface area (Å²) in [4.78, 5) is 14.9. The maximum Gasteiger partial charge on any atom is 0.233 e. The van der Waals surface area contributed by atoms with Crippen molar-refractivity contribution in [1.29, 1.82) is 0 Å². The van der Waals surface area contributed by atoms with Gasteiger partial charge in [-0.1, -0.05) is 18.2 Å². The van der Waals surface area contributed by atoms with Gasteiger partial charge in [-0.3, -0.25) is 4.79 Å². The molecule has 2 saturated heterocycles. The SMILES string of the molecule is CC1OCCC1C(=O)N(c1ccccc1)C1CCOC1. The Morgan fingerprint density at radius 1 is 1.20 bits per heavy atom. The number of hydrogen-bond acceptors (Lipinski definition) is 3. The minimum absolute atomic E-state index is 0.0102. The van der Waals surface area contributed by atoms with Gasteiger partial charge in [0.2, 0.25) is 5.91 Å². The minimum Gasteiger partial charge on any atom is -0.379 e. The Morgan fingerprint density at radius 2 is 2.00 bits per heavy atom. The number of para-hydroxylation sites is 1. The number of carbonyl (C=O) groups is 1. The monoisotopic (exact) mass is 275 g/mol. The quantitative estimate of drug-likeness (QED) is 0.849. The molecule has 2 aliphatic heterocycles. The van der Waals surface area contributed by atoms with Gasteiger partial charge in [-0.05, 0) is 31.9 Å². The predicted octanol–water partition coefficient (Wildman–Crippen LogP) is 2.23. The normalized spacial score (nSPS) is 29.6. The lowest BCUT2D eigenvalue weighted by Crippen LogP contribution is -2.45. The van der Waals surface area contributed by atoms with Gasteiger partial charge in [0.15, 0.2) is 0 Å². The third-order valence-corrected chi connectivity index (χ3v) is 4.24. The Bertz CT molecular complexity index is 456. The van der Waals surface area contributed by atoms with Crippen molar-refractivity contribution in [1.82, 2.24) is 0 Å². The Kier molecular flexibility index (Phi) is 4.03. The van der Waals surface area contributed by atoms with Gasteiger partial charge in [-0.15, -0.1) is 0 Å². The number of carbonyl (C=O) groups excluding carboxylic acids is 1. The van der Waals surface area contributed by atoms with Crippen LogP contribution in [0.5, 0.6) is 0 Å². The van der Waals surface area contributed by atoms with Gasteiger partial charge in [0.25, 0.3) is 0 Å². The molecule has 4 heteroatoms. The lowest BCUT2D eigenvalue weighted by molar-refractivity contribution is -0.124. The lowest BCUT2D eigenvalue weighted by Gasteiger charge is -2.31. The van der Waals surface area contributed by atoms with Gasteiger partial charge < -0.3 is 14.4 Å². The first kappa shape index (κ1) is 13.6. The summed E-state index contributed by atoms with van der Waals surface area (Å²) in [6.45, 7) is 4.03. The van der Waals surface area contributed by atoms with Crippen molar-refractivity contribution < 1.29 is 14.3 Å². The van der Waals surface area contributed by atoms with Gasteiger partial charge in [0.1, 0.15) is 0 Å². The smallest absolute Gasteiger partial charge is 0.233 e. The molecular weight excluding hydrogens is 254 g/mol. The van der Waals surface area contributed by atoms with Crippen LogP contribution in [0.1, 0.15) is 19.8 Å². The number of nitrogens with zero attached hydrogens (tertiary/aromatic N) is 1. The van der Waals surface area contributed by atoms with Gasteiger partial charge in [-0.2, -0.15) is 0 Å². The topological polar surface area (TPSA) is 38.8 Å². The first-order chi connectivity index (χ1) is 9.77.